The van der Waals surface area contributed by atoms with E-state index >= 15 is 0 Å². The first kappa shape index (κ1) is 11.2. The normalized spacial score (nSPS) is 9.53. The van der Waals surface area contributed by atoms with Crippen LogP contribution in [0.2, 0.25) is 0 Å². The van der Waals surface area contributed by atoms with E-state index in [1.807, 2.05) is 0 Å². The lowest BCUT2D eigenvalue weighted by molar-refractivity contribution is 0.0601. The summed E-state index contributed by atoms with van der Waals surface area (Å²) >= 11 is 0. The number of hydrogen-bond acceptors (Lipinski definition) is 5. The zero-order chi connectivity index (χ0) is 11.4. The van der Waals surface area contributed by atoms with Gasteiger partial charge in [-0.15, -0.1) is 0 Å². The minimum atomic E-state index is -0.489. The summed E-state index contributed by atoms with van der Waals surface area (Å²) in [6, 6.07) is 3.20. The number of phenols is 1. The second-order valence-corrected chi connectivity index (χ2v) is 2.88. The number of rotatable bonds is 3. The number of phenolic OH excluding ortho intramolecular Hbond substituents is 1. The fraction of sp³-hybridized carbons (Fsp3) is 0.300. The highest BCUT2D eigenvalue weighted by Crippen LogP contribution is 2.34. The smallest absolute Gasteiger partial charge is 0.340 e. The van der Waals surface area contributed by atoms with Crippen LogP contribution in [0.15, 0.2) is 12.1 Å². The van der Waals surface area contributed by atoms with Crippen LogP contribution in [0.3, 0.4) is 0 Å². The highest BCUT2D eigenvalue weighted by Gasteiger charge is 2.16. The molecule has 0 amide bonds. The number of hydrogen-bond donors (Lipinski definition) is 3. The Bertz CT molecular complexity index is 377. The van der Waals surface area contributed by atoms with Gasteiger partial charge in [0.2, 0.25) is 0 Å². The number of carbonyl (C=O) groups excluding carboxylic acids is 1. The molecule has 5 nitrogen and oxygen atoms in total. The molecule has 1 aromatic rings. The molecular weight excluding hydrogens is 196 g/mol. The fourth-order valence-electron chi connectivity index (χ4n) is 1.33. The van der Waals surface area contributed by atoms with Gasteiger partial charge < -0.3 is 20.5 Å². The van der Waals surface area contributed by atoms with Crippen LogP contribution in [0.4, 0.5) is 11.4 Å². The summed E-state index contributed by atoms with van der Waals surface area (Å²) in [4.78, 5) is 11.4. The summed E-state index contributed by atoms with van der Waals surface area (Å²) < 4.78 is 4.60. The van der Waals surface area contributed by atoms with Crippen molar-refractivity contribution in [1.29, 1.82) is 0 Å². The summed E-state index contributed by atoms with van der Waals surface area (Å²) in [5.74, 6) is -0.486. The molecule has 0 heterocycles. The Hall–Kier alpha value is -1.91. The molecule has 0 atom stereocenters. The molecule has 1 aromatic carbocycles. The molecule has 0 radical (unpaired) electrons. The second-order valence-electron chi connectivity index (χ2n) is 2.88. The van der Waals surface area contributed by atoms with Gasteiger partial charge >= 0.3 is 5.97 Å². The van der Waals surface area contributed by atoms with Gasteiger partial charge in [-0.1, -0.05) is 0 Å². The fourth-order valence-corrected chi connectivity index (χ4v) is 1.33. The van der Waals surface area contributed by atoms with Crippen LogP contribution in [-0.4, -0.2) is 32.3 Å². The van der Waals surface area contributed by atoms with Crippen LogP contribution < -0.4 is 10.6 Å². The van der Waals surface area contributed by atoms with Crippen molar-refractivity contribution in [2.24, 2.45) is 0 Å². The molecule has 0 aliphatic carbocycles. The van der Waals surface area contributed by atoms with E-state index in [2.05, 4.69) is 15.4 Å². The molecule has 1 rings (SSSR count). The number of ether oxygens (including phenoxy) is 1. The van der Waals surface area contributed by atoms with Crippen LogP contribution in [0.5, 0.6) is 5.75 Å². The van der Waals surface area contributed by atoms with E-state index in [0.29, 0.717) is 16.9 Å². The summed E-state index contributed by atoms with van der Waals surface area (Å²) in [5.41, 5.74) is 1.21. The molecule has 0 bridgehead atoms. The van der Waals surface area contributed by atoms with Gasteiger partial charge in [0.1, 0.15) is 0 Å². The lowest BCUT2D eigenvalue weighted by atomic mass is 10.1. The quantitative estimate of drug-likeness (QED) is 0.517. The molecule has 5 heteroatoms. The average molecular weight is 210 g/mol. The lowest BCUT2D eigenvalue weighted by Crippen LogP contribution is -2.06. The van der Waals surface area contributed by atoms with Crippen molar-refractivity contribution >= 4 is 17.3 Å². The van der Waals surface area contributed by atoms with Gasteiger partial charge in [0.15, 0.2) is 5.75 Å². The first-order valence-electron chi connectivity index (χ1n) is 4.45. The van der Waals surface area contributed by atoms with Gasteiger partial charge in [-0.3, -0.25) is 0 Å². The summed E-state index contributed by atoms with van der Waals surface area (Å²) in [6.45, 7) is 0. The van der Waals surface area contributed by atoms with Gasteiger partial charge in [-0.2, -0.15) is 0 Å². The predicted octanol–water partition coefficient (Wildman–Crippen LogP) is 1.26. The molecule has 0 aliphatic heterocycles. The molecule has 0 aromatic heterocycles. The van der Waals surface area contributed by atoms with Crippen molar-refractivity contribution in [3.05, 3.63) is 17.7 Å². The Morgan fingerprint density at radius 1 is 1.33 bits per heavy atom. The molecule has 0 saturated carbocycles. The van der Waals surface area contributed by atoms with Gasteiger partial charge in [0, 0.05) is 14.1 Å². The molecule has 3 N–H and O–H groups in total. The number of aromatic hydroxyl groups is 1. The SMILES string of the molecule is CNc1ccc(C(=O)OC)c(NC)c1O. The standard InChI is InChI=1S/C10H14N2O3/c1-11-7-5-4-6(10(14)15-3)8(12-2)9(7)13/h4-5,11-13H,1-3H3. The Balaban J connectivity index is 3.30. The Kier molecular flexibility index (Phi) is 3.38. The molecule has 82 valence electrons. The maximum absolute atomic E-state index is 11.4. The molecule has 15 heavy (non-hydrogen) atoms. The summed E-state index contributed by atoms with van der Waals surface area (Å²) in [5, 5.41) is 15.4. The van der Waals surface area contributed by atoms with E-state index in [9.17, 15) is 9.90 Å². The Labute approximate surface area is 88.1 Å². The van der Waals surface area contributed by atoms with Crippen molar-refractivity contribution in [3.8, 4) is 5.75 Å². The van der Waals surface area contributed by atoms with Crippen LogP contribution in [0.25, 0.3) is 0 Å². The van der Waals surface area contributed by atoms with Crippen molar-refractivity contribution in [3.63, 3.8) is 0 Å². The van der Waals surface area contributed by atoms with E-state index in [1.165, 1.54) is 7.11 Å². The molecule has 0 saturated heterocycles. The first-order valence-corrected chi connectivity index (χ1v) is 4.45. The van der Waals surface area contributed by atoms with Crippen molar-refractivity contribution in [2.75, 3.05) is 31.8 Å². The van der Waals surface area contributed by atoms with Crippen LogP contribution >= 0.6 is 0 Å². The van der Waals surface area contributed by atoms with Crippen molar-refractivity contribution in [1.82, 2.24) is 0 Å². The van der Waals surface area contributed by atoms with E-state index in [1.54, 1.807) is 26.2 Å². The van der Waals surface area contributed by atoms with E-state index < -0.39 is 5.97 Å². The first-order chi connectivity index (χ1) is 7.15. The number of anilines is 2. The van der Waals surface area contributed by atoms with Crippen LogP contribution in [0.1, 0.15) is 10.4 Å². The number of carbonyl (C=O) groups is 1. The van der Waals surface area contributed by atoms with Gasteiger partial charge in [-0.25, -0.2) is 4.79 Å². The molecule has 0 spiro atoms. The average Bonchev–Trinajstić information content (AvgIpc) is 2.27. The minimum Gasteiger partial charge on any atom is -0.504 e. The van der Waals surface area contributed by atoms with Crippen molar-refractivity contribution in [2.45, 2.75) is 0 Å². The molecule has 0 fully saturated rings. The monoisotopic (exact) mass is 210 g/mol. The topological polar surface area (TPSA) is 70.6 Å². The largest absolute Gasteiger partial charge is 0.504 e. The zero-order valence-electron chi connectivity index (χ0n) is 8.92. The van der Waals surface area contributed by atoms with Crippen LogP contribution in [-0.2, 0) is 4.74 Å². The summed E-state index contributed by atoms with van der Waals surface area (Å²) in [7, 11) is 4.61. The third-order valence-electron chi connectivity index (χ3n) is 2.10. The maximum atomic E-state index is 11.4. The van der Waals surface area contributed by atoms with Gasteiger partial charge in [-0.05, 0) is 12.1 Å². The molecular formula is C10H14N2O3. The van der Waals surface area contributed by atoms with Gasteiger partial charge in [0.05, 0.1) is 24.0 Å². The van der Waals surface area contributed by atoms with Crippen LogP contribution in [0, 0.1) is 0 Å². The van der Waals surface area contributed by atoms with E-state index in [4.69, 9.17) is 0 Å². The molecule has 0 unspecified atom stereocenters. The summed E-state index contributed by atoms with van der Waals surface area (Å²) in [6.07, 6.45) is 0. The molecule has 0 aliphatic rings. The minimum absolute atomic E-state index is 0.00269. The maximum Gasteiger partial charge on any atom is 0.340 e. The third-order valence-corrected chi connectivity index (χ3v) is 2.10. The van der Waals surface area contributed by atoms with E-state index in [-0.39, 0.29) is 5.75 Å². The van der Waals surface area contributed by atoms with Gasteiger partial charge in [0.25, 0.3) is 0 Å². The number of nitrogens with one attached hydrogen (secondary N) is 2. The second kappa shape index (κ2) is 4.54. The van der Waals surface area contributed by atoms with Crippen molar-refractivity contribution < 1.29 is 14.6 Å². The number of benzene rings is 1. The zero-order valence-corrected chi connectivity index (χ0v) is 8.92. The third kappa shape index (κ3) is 1.96. The highest BCUT2D eigenvalue weighted by molar-refractivity contribution is 5.98. The predicted molar refractivity (Wildman–Crippen MR) is 58.5 cm³/mol. The Morgan fingerprint density at radius 2 is 2.00 bits per heavy atom. The number of methoxy groups -OCH3 is 1. The van der Waals surface area contributed by atoms with E-state index in [0.717, 1.165) is 0 Å². The Morgan fingerprint density at radius 3 is 2.47 bits per heavy atom. The lowest BCUT2D eigenvalue weighted by Gasteiger charge is -2.12. The number of esters is 1. The highest BCUT2D eigenvalue weighted by atomic mass is 16.5.